The van der Waals surface area contributed by atoms with Crippen LogP contribution in [-0.2, 0) is 4.43 Å². The summed E-state index contributed by atoms with van der Waals surface area (Å²) in [5.74, 6) is 0. The first-order valence-corrected chi connectivity index (χ1v) is 7.35. The second-order valence-corrected chi connectivity index (χ2v) is 7.64. The number of rotatable bonds is 5. The van der Waals surface area contributed by atoms with Gasteiger partial charge in [-0.2, -0.15) is 0 Å². The molecule has 0 radical (unpaired) electrons. The third-order valence-corrected chi connectivity index (χ3v) is 5.57. The summed E-state index contributed by atoms with van der Waals surface area (Å²) in [5, 5.41) is 3.46. The summed E-state index contributed by atoms with van der Waals surface area (Å²) < 4.78 is 5.52. The van der Waals surface area contributed by atoms with Crippen molar-refractivity contribution < 1.29 is 4.43 Å². The van der Waals surface area contributed by atoms with Gasteiger partial charge in [0.1, 0.15) is 0 Å². The second-order valence-electron chi connectivity index (χ2n) is 3.33. The lowest BCUT2D eigenvalue weighted by atomic mass is 10.5. The van der Waals surface area contributed by atoms with Crippen molar-refractivity contribution in [2.45, 2.75) is 39.0 Å². The molecule has 11 heavy (non-hydrogen) atoms. The van der Waals surface area contributed by atoms with Crippen LogP contribution < -0.4 is 5.32 Å². The van der Waals surface area contributed by atoms with Gasteiger partial charge in [0.25, 0.3) is 0 Å². The third kappa shape index (κ3) is 3.36. The first kappa shape index (κ1) is 11.1. The molecule has 0 aliphatic carbocycles. The van der Waals surface area contributed by atoms with Crippen molar-refractivity contribution in [3.8, 4) is 0 Å². The highest BCUT2D eigenvalue weighted by molar-refractivity contribution is 6.72. The minimum Gasteiger partial charge on any atom is -0.419 e. The van der Waals surface area contributed by atoms with Gasteiger partial charge in [0, 0.05) is 12.8 Å². The molecule has 3 heteroatoms. The summed E-state index contributed by atoms with van der Waals surface area (Å²) >= 11 is 0. The van der Waals surface area contributed by atoms with Gasteiger partial charge < -0.3 is 9.74 Å². The minimum atomic E-state index is -1.44. The van der Waals surface area contributed by atoms with Crippen LogP contribution in [0.5, 0.6) is 0 Å². The smallest absolute Gasteiger partial charge is 0.202 e. The lowest BCUT2D eigenvalue weighted by Crippen LogP contribution is -2.52. The second kappa shape index (κ2) is 4.90. The summed E-state index contributed by atoms with van der Waals surface area (Å²) in [6, 6.07) is 0. The largest absolute Gasteiger partial charge is 0.419 e. The van der Waals surface area contributed by atoms with Gasteiger partial charge >= 0.3 is 0 Å². The summed E-state index contributed by atoms with van der Waals surface area (Å²) in [7, 11) is 0.387. The lowest BCUT2D eigenvalue weighted by molar-refractivity contribution is 0.377. The summed E-state index contributed by atoms with van der Waals surface area (Å²) in [5.41, 5.74) is 0.595. The van der Waals surface area contributed by atoms with E-state index in [0.29, 0.717) is 5.67 Å². The van der Waals surface area contributed by atoms with Crippen molar-refractivity contribution in [3.05, 3.63) is 0 Å². The molecule has 0 saturated carbocycles. The van der Waals surface area contributed by atoms with Crippen molar-refractivity contribution in [3.63, 3.8) is 0 Å². The molecule has 0 bridgehead atoms. The quantitative estimate of drug-likeness (QED) is 0.643. The molecule has 0 amide bonds. The molecule has 0 aromatic rings. The van der Waals surface area contributed by atoms with E-state index in [1.165, 1.54) is 6.42 Å². The predicted molar refractivity (Wildman–Crippen MR) is 52.2 cm³/mol. The van der Waals surface area contributed by atoms with Crippen LogP contribution in [0.3, 0.4) is 0 Å². The maximum Gasteiger partial charge on any atom is 0.202 e. The van der Waals surface area contributed by atoms with Gasteiger partial charge in [0.05, 0.1) is 0 Å². The maximum absolute atomic E-state index is 5.52. The summed E-state index contributed by atoms with van der Waals surface area (Å²) in [6.07, 6.45) is 1.17. The zero-order valence-electron chi connectivity index (χ0n) is 8.40. The Kier molecular flexibility index (Phi) is 4.96. The van der Waals surface area contributed by atoms with Crippen molar-refractivity contribution in [2.75, 3.05) is 13.7 Å². The molecular weight excluding hydrogens is 154 g/mol. The molecule has 1 N–H and O–H groups in total. The Balaban J connectivity index is 3.99. The molecule has 0 spiro atoms. The van der Waals surface area contributed by atoms with Crippen molar-refractivity contribution >= 4 is 8.32 Å². The van der Waals surface area contributed by atoms with Crippen LogP contribution in [0.25, 0.3) is 0 Å². The monoisotopic (exact) mass is 175 g/mol. The van der Waals surface area contributed by atoms with Crippen LogP contribution in [0.2, 0.25) is 13.1 Å². The predicted octanol–water partition coefficient (Wildman–Crippen LogP) is 1.77. The lowest BCUT2D eigenvalue weighted by Gasteiger charge is -2.30. The molecule has 0 fully saturated rings. The zero-order chi connectivity index (χ0) is 8.91. The van der Waals surface area contributed by atoms with Crippen molar-refractivity contribution in [1.29, 1.82) is 0 Å². The highest BCUT2D eigenvalue weighted by Gasteiger charge is 2.30. The Morgan fingerprint density at radius 3 is 2.18 bits per heavy atom. The van der Waals surface area contributed by atoms with Crippen LogP contribution in [0.1, 0.15) is 20.3 Å². The highest BCUT2D eigenvalue weighted by atomic mass is 28.4. The Morgan fingerprint density at radius 2 is 1.91 bits per heavy atom. The average molecular weight is 175 g/mol. The fourth-order valence-corrected chi connectivity index (χ4v) is 3.23. The fraction of sp³-hybridized carbons (Fsp3) is 1.00. The zero-order valence-corrected chi connectivity index (χ0v) is 9.40. The molecule has 0 aliphatic heterocycles. The Bertz CT molecular complexity index is 106. The van der Waals surface area contributed by atoms with Gasteiger partial charge in [-0.05, 0) is 26.1 Å². The molecule has 1 atom stereocenters. The van der Waals surface area contributed by atoms with Gasteiger partial charge in [0.15, 0.2) is 0 Å². The molecular formula is C8H21NOSi. The van der Waals surface area contributed by atoms with E-state index in [2.05, 4.69) is 32.3 Å². The minimum absolute atomic E-state index is 0.595. The highest BCUT2D eigenvalue weighted by Crippen LogP contribution is 2.11. The average Bonchev–Trinajstić information content (AvgIpc) is 2.00. The van der Waals surface area contributed by atoms with Crippen LogP contribution in [0, 0.1) is 0 Å². The SMILES string of the molecule is CCNC(CC)[Si](C)(C)OC. The summed E-state index contributed by atoms with van der Waals surface area (Å²) in [4.78, 5) is 0. The first-order chi connectivity index (χ1) is 5.08. The van der Waals surface area contributed by atoms with Gasteiger partial charge in [-0.25, -0.2) is 0 Å². The molecule has 0 aliphatic rings. The number of hydrogen-bond acceptors (Lipinski definition) is 2. The molecule has 0 aromatic heterocycles. The molecule has 0 heterocycles. The van der Waals surface area contributed by atoms with Crippen LogP contribution >= 0.6 is 0 Å². The third-order valence-electron chi connectivity index (χ3n) is 2.22. The molecule has 0 saturated heterocycles. The van der Waals surface area contributed by atoms with E-state index in [9.17, 15) is 0 Å². The van der Waals surface area contributed by atoms with Crippen molar-refractivity contribution in [2.24, 2.45) is 0 Å². The van der Waals surface area contributed by atoms with Gasteiger partial charge in [-0.1, -0.05) is 13.8 Å². The van der Waals surface area contributed by atoms with Gasteiger partial charge in [0.2, 0.25) is 8.32 Å². The molecule has 2 nitrogen and oxygen atoms in total. The van der Waals surface area contributed by atoms with Crippen LogP contribution in [-0.4, -0.2) is 27.6 Å². The van der Waals surface area contributed by atoms with E-state index in [-0.39, 0.29) is 0 Å². The van der Waals surface area contributed by atoms with Crippen molar-refractivity contribution in [1.82, 2.24) is 5.32 Å². The first-order valence-electron chi connectivity index (χ1n) is 4.37. The van der Waals surface area contributed by atoms with Gasteiger partial charge in [-0.3, -0.25) is 0 Å². The molecule has 68 valence electrons. The fourth-order valence-electron chi connectivity index (χ4n) is 1.27. The van der Waals surface area contributed by atoms with E-state index in [4.69, 9.17) is 4.43 Å². The number of hydrogen-bond donors (Lipinski definition) is 1. The molecule has 0 rings (SSSR count). The van der Waals surface area contributed by atoms with Crippen LogP contribution in [0.4, 0.5) is 0 Å². The normalized spacial score (nSPS) is 15.0. The van der Waals surface area contributed by atoms with E-state index >= 15 is 0 Å². The van der Waals surface area contributed by atoms with E-state index in [1.807, 2.05) is 7.11 Å². The standard InChI is InChI=1S/C8H21NOSi/c1-6-8(9-7-2)11(4,5)10-3/h8-9H,6-7H2,1-5H3. The number of nitrogens with one attached hydrogen (secondary N) is 1. The van der Waals surface area contributed by atoms with E-state index < -0.39 is 8.32 Å². The molecule has 1 unspecified atom stereocenters. The van der Waals surface area contributed by atoms with E-state index in [1.54, 1.807) is 0 Å². The maximum atomic E-state index is 5.52. The van der Waals surface area contributed by atoms with Crippen LogP contribution in [0.15, 0.2) is 0 Å². The molecule has 0 aromatic carbocycles. The Hall–Kier alpha value is 0.137. The Morgan fingerprint density at radius 1 is 1.36 bits per heavy atom. The Labute approximate surface area is 71.5 Å². The summed E-state index contributed by atoms with van der Waals surface area (Å²) in [6.45, 7) is 9.90. The topological polar surface area (TPSA) is 21.3 Å². The van der Waals surface area contributed by atoms with E-state index in [0.717, 1.165) is 6.54 Å². The van der Waals surface area contributed by atoms with Gasteiger partial charge in [-0.15, -0.1) is 0 Å².